The van der Waals surface area contributed by atoms with Gasteiger partial charge in [0.15, 0.2) is 5.76 Å². The fourth-order valence-corrected chi connectivity index (χ4v) is 1.78. The number of hydrogen-bond acceptors (Lipinski definition) is 6. The van der Waals surface area contributed by atoms with Crippen LogP contribution in [-0.4, -0.2) is 16.5 Å². The minimum atomic E-state index is -0.489. The van der Waals surface area contributed by atoms with E-state index in [0.717, 1.165) is 0 Å². The molecule has 0 saturated heterocycles. The van der Waals surface area contributed by atoms with Gasteiger partial charge in [-0.15, -0.1) is 0 Å². The second-order valence-electron chi connectivity index (χ2n) is 4.20. The van der Waals surface area contributed by atoms with Gasteiger partial charge in [0.2, 0.25) is 11.6 Å². The Hall–Kier alpha value is -2.41. The molecule has 0 aliphatic rings. The third kappa shape index (κ3) is 2.62. The van der Waals surface area contributed by atoms with Gasteiger partial charge in [-0.2, -0.15) is 0 Å². The second kappa shape index (κ2) is 5.70. The van der Waals surface area contributed by atoms with Gasteiger partial charge < -0.3 is 14.9 Å². The number of rotatable bonds is 5. The number of nitro groups is 1. The van der Waals surface area contributed by atoms with Gasteiger partial charge in [-0.1, -0.05) is 6.07 Å². The molecule has 0 bridgehead atoms. The van der Waals surface area contributed by atoms with Crippen LogP contribution in [-0.2, 0) is 0 Å². The molecule has 2 N–H and O–H groups in total. The van der Waals surface area contributed by atoms with Crippen molar-refractivity contribution in [2.75, 3.05) is 6.61 Å². The summed E-state index contributed by atoms with van der Waals surface area (Å²) < 4.78 is 10.9. The van der Waals surface area contributed by atoms with Crippen LogP contribution in [0.4, 0.5) is 5.69 Å². The number of oxazole rings is 1. The SMILES string of the molecule is CCOc1c(-c2cnc(C(C)N)o2)cccc1[N+](=O)[O-]. The van der Waals surface area contributed by atoms with Crippen LogP contribution in [0.1, 0.15) is 25.8 Å². The molecule has 106 valence electrons. The summed E-state index contributed by atoms with van der Waals surface area (Å²) in [6.07, 6.45) is 1.49. The summed E-state index contributed by atoms with van der Waals surface area (Å²) in [5, 5.41) is 11.1. The molecule has 1 aromatic heterocycles. The molecule has 0 spiro atoms. The minimum Gasteiger partial charge on any atom is -0.487 e. The van der Waals surface area contributed by atoms with Gasteiger partial charge in [0.1, 0.15) is 0 Å². The van der Waals surface area contributed by atoms with Crippen LogP contribution in [0, 0.1) is 10.1 Å². The van der Waals surface area contributed by atoms with E-state index in [1.54, 1.807) is 26.0 Å². The number of nitrogens with two attached hydrogens (primary N) is 1. The van der Waals surface area contributed by atoms with E-state index in [-0.39, 0.29) is 17.5 Å². The maximum Gasteiger partial charge on any atom is 0.311 e. The van der Waals surface area contributed by atoms with Crippen LogP contribution in [0.25, 0.3) is 11.3 Å². The molecule has 1 heterocycles. The van der Waals surface area contributed by atoms with Gasteiger partial charge >= 0.3 is 5.69 Å². The van der Waals surface area contributed by atoms with Crippen molar-refractivity contribution in [3.05, 3.63) is 40.4 Å². The molecule has 7 heteroatoms. The van der Waals surface area contributed by atoms with Gasteiger partial charge in [0, 0.05) is 6.07 Å². The standard InChI is InChI=1S/C13H15N3O4/c1-3-19-12-9(5-4-6-10(12)16(17)18)11-7-15-13(20-11)8(2)14/h4-8H,3,14H2,1-2H3. The molecule has 0 radical (unpaired) electrons. The molecule has 0 amide bonds. The number of hydrogen-bond donors (Lipinski definition) is 1. The maximum absolute atomic E-state index is 11.1. The third-order valence-corrected chi connectivity index (χ3v) is 2.66. The highest BCUT2D eigenvalue weighted by Gasteiger charge is 2.22. The molecule has 0 aliphatic carbocycles. The lowest BCUT2D eigenvalue weighted by molar-refractivity contribution is -0.385. The van der Waals surface area contributed by atoms with Crippen LogP contribution in [0.2, 0.25) is 0 Å². The maximum atomic E-state index is 11.1. The molecule has 20 heavy (non-hydrogen) atoms. The lowest BCUT2D eigenvalue weighted by atomic mass is 10.1. The molecule has 7 nitrogen and oxygen atoms in total. The van der Waals surface area contributed by atoms with Gasteiger partial charge in [-0.25, -0.2) is 4.98 Å². The summed E-state index contributed by atoms with van der Waals surface area (Å²) in [7, 11) is 0. The molecule has 0 fully saturated rings. The Morgan fingerprint density at radius 1 is 1.55 bits per heavy atom. The number of benzene rings is 1. The van der Waals surface area contributed by atoms with Gasteiger partial charge in [0.05, 0.1) is 29.3 Å². The Bertz CT molecular complexity index is 622. The average Bonchev–Trinajstić information content (AvgIpc) is 2.88. The Labute approximate surface area is 115 Å². The number of aromatic nitrogens is 1. The van der Waals surface area contributed by atoms with Crippen molar-refractivity contribution in [1.29, 1.82) is 0 Å². The first-order valence-corrected chi connectivity index (χ1v) is 6.16. The molecular weight excluding hydrogens is 262 g/mol. The fourth-order valence-electron chi connectivity index (χ4n) is 1.78. The quantitative estimate of drug-likeness (QED) is 0.665. The van der Waals surface area contributed by atoms with Gasteiger partial charge in [-0.3, -0.25) is 10.1 Å². The van der Waals surface area contributed by atoms with Crippen molar-refractivity contribution in [3.63, 3.8) is 0 Å². The zero-order valence-corrected chi connectivity index (χ0v) is 11.2. The number of ether oxygens (including phenoxy) is 1. The first kappa shape index (κ1) is 14.0. The summed E-state index contributed by atoms with van der Waals surface area (Å²) in [6.45, 7) is 3.81. The number of nitrogens with zero attached hydrogens (tertiary/aromatic N) is 2. The summed E-state index contributed by atoms with van der Waals surface area (Å²) >= 11 is 0. The zero-order chi connectivity index (χ0) is 14.7. The van der Waals surface area contributed by atoms with Crippen molar-refractivity contribution >= 4 is 5.69 Å². The van der Waals surface area contributed by atoms with E-state index < -0.39 is 4.92 Å². The highest BCUT2D eigenvalue weighted by Crippen LogP contribution is 2.38. The molecule has 0 aliphatic heterocycles. The van der Waals surface area contributed by atoms with Gasteiger partial charge in [-0.05, 0) is 19.9 Å². The Morgan fingerprint density at radius 2 is 2.30 bits per heavy atom. The Balaban J connectivity index is 2.54. The Morgan fingerprint density at radius 3 is 2.85 bits per heavy atom. The van der Waals surface area contributed by atoms with Crippen LogP contribution >= 0.6 is 0 Å². The van der Waals surface area contributed by atoms with E-state index in [2.05, 4.69) is 4.98 Å². The van der Waals surface area contributed by atoms with Crippen molar-refractivity contribution in [2.45, 2.75) is 19.9 Å². The smallest absolute Gasteiger partial charge is 0.311 e. The third-order valence-electron chi connectivity index (χ3n) is 2.66. The van der Waals surface area contributed by atoms with E-state index in [9.17, 15) is 10.1 Å². The molecular formula is C13H15N3O4. The highest BCUT2D eigenvalue weighted by atomic mass is 16.6. The van der Waals surface area contributed by atoms with E-state index >= 15 is 0 Å². The van der Waals surface area contributed by atoms with E-state index in [0.29, 0.717) is 23.8 Å². The van der Waals surface area contributed by atoms with Crippen LogP contribution in [0.15, 0.2) is 28.8 Å². The largest absolute Gasteiger partial charge is 0.487 e. The van der Waals surface area contributed by atoms with Crippen LogP contribution in [0.5, 0.6) is 5.75 Å². The van der Waals surface area contributed by atoms with Crippen molar-refractivity contribution in [2.24, 2.45) is 5.73 Å². The average molecular weight is 277 g/mol. The predicted octanol–water partition coefficient (Wildman–Crippen LogP) is 2.67. The monoisotopic (exact) mass is 277 g/mol. The van der Waals surface area contributed by atoms with Crippen LogP contribution < -0.4 is 10.5 Å². The summed E-state index contributed by atoms with van der Waals surface area (Å²) in [6, 6.07) is 4.29. The molecule has 1 aromatic carbocycles. The topological polar surface area (TPSA) is 104 Å². The number of para-hydroxylation sites is 1. The van der Waals surface area contributed by atoms with Crippen molar-refractivity contribution in [1.82, 2.24) is 4.98 Å². The minimum absolute atomic E-state index is 0.108. The van der Waals surface area contributed by atoms with Crippen LogP contribution in [0.3, 0.4) is 0 Å². The first-order chi connectivity index (χ1) is 9.54. The van der Waals surface area contributed by atoms with E-state index in [1.165, 1.54) is 12.3 Å². The number of nitro benzene ring substituents is 1. The lowest BCUT2D eigenvalue weighted by Gasteiger charge is -2.08. The molecule has 2 rings (SSSR count). The van der Waals surface area contributed by atoms with Crippen molar-refractivity contribution in [3.8, 4) is 17.1 Å². The summed E-state index contributed by atoms with van der Waals surface area (Å²) in [5.41, 5.74) is 6.06. The summed E-state index contributed by atoms with van der Waals surface area (Å²) in [5.74, 6) is 0.936. The van der Waals surface area contributed by atoms with Crippen molar-refractivity contribution < 1.29 is 14.1 Å². The Kier molecular flexibility index (Phi) is 3.99. The lowest BCUT2D eigenvalue weighted by Crippen LogP contribution is -2.04. The highest BCUT2D eigenvalue weighted by molar-refractivity contribution is 5.71. The second-order valence-corrected chi connectivity index (χ2v) is 4.20. The molecule has 1 atom stereocenters. The molecule has 0 saturated carbocycles. The molecule has 1 unspecified atom stereocenters. The predicted molar refractivity (Wildman–Crippen MR) is 72.4 cm³/mol. The summed E-state index contributed by atoms with van der Waals surface area (Å²) in [4.78, 5) is 14.6. The van der Waals surface area contributed by atoms with E-state index in [1.807, 2.05) is 0 Å². The zero-order valence-electron chi connectivity index (χ0n) is 11.2. The normalized spacial score (nSPS) is 12.2. The first-order valence-electron chi connectivity index (χ1n) is 6.16. The van der Waals surface area contributed by atoms with Gasteiger partial charge in [0.25, 0.3) is 0 Å². The van der Waals surface area contributed by atoms with E-state index in [4.69, 9.17) is 14.9 Å². The molecule has 2 aromatic rings. The fraction of sp³-hybridized carbons (Fsp3) is 0.308.